The zero-order valence-electron chi connectivity index (χ0n) is 14.1. The highest BCUT2D eigenvalue weighted by molar-refractivity contribution is 7.16. The number of amides is 1. The normalized spacial score (nSPS) is 10.6. The van der Waals surface area contributed by atoms with Gasteiger partial charge in [-0.1, -0.05) is 23.7 Å². The minimum absolute atomic E-state index is 0.229. The molecule has 0 saturated carbocycles. The van der Waals surface area contributed by atoms with E-state index in [0.717, 1.165) is 16.1 Å². The van der Waals surface area contributed by atoms with Crippen molar-refractivity contribution in [2.24, 2.45) is 0 Å². The molecule has 0 radical (unpaired) electrons. The highest BCUT2D eigenvalue weighted by Gasteiger charge is 2.17. The summed E-state index contributed by atoms with van der Waals surface area (Å²) in [5, 5.41) is 4.11. The number of pyridine rings is 1. The number of carbonyl (C=O) groups is 1. The molecule has 0 bridgehead atoms. The number of hydrogen-bond acceptors (Lipinski definition) is 5. The van der Waals surface area contributed by atoms with E-state index in [2.05, 4.69) is 15.3 Å². The standard InChI is InChI=1S/C18H17ClN4OS/c1-11-15(12-6-8-13(19)9-7-12)21-18(25-11)22-17(24)14-5-4-10-20-16(14)23(2)3/h4-10H,1-3H3,(H,21,22,24). The quantitative estimate of drug-likeness (QED) is 0.733. The van der Waals surface area contributed by atoms with E-state index in [9.17, 15) is 4.79 Å². The molecule has 1 amide bonds. The Kier molecular flexibility index (Phi) is 5.01. The maximum Gasteiger partial charge on any atom is 0.261 e. The van der Waals surface area contributed by atoms with Gasteiger partial charge in [0.05, 0.1) is 11.3 Å². The molecule has 0 spiro atoms. The summed E-state index contributed by atoms with van der Waals surface area (Å²) in [6.07, 6.45) is 1.66. The van der Waals surface area contributed by atoms with Crippen LogP contribution in [-0.2, 0) is 0 Å². The second-order valence-electron chi connectivity index (χ2n) is 5.65. The molecule has 25 heavy (non-hydrogen) atoms. The first-order chi connectivity index (χ1) is 12.0. The van der Waals surface area contributed by atoms with Crippen LogP contribution in [0.1, 0.15) is 15.2 Å². The SMILES string of the molecule is Cc1sc(NC(=O)c2cccnc2N(C)C)nc1-c1ccc(Cl)cc1. The third kappa shape index (κ3) is 3.81. The number of benzene rings is 1. The highest BCUT2D eigenvalue weighted by atomic mass is 35.5. The number of carbonyl (C=O) groups excluding carboxylic acids is 1. The van der Waals surface area contributed by atoms with Crippen LogP contribution < -0.4 is 10.2 Å². The van der Waals surface area contributed by atoms with E-state index >= 15 is 0 Å². The van der Waals surface area contributed by atoms with Crippen LogP contribution in [0.3, 0.4) is 0 Å². The van der Waals surface area contributed by atoms with Gasteiger partial charge in [0.15, 0.2) is 5.13 Å². The Hall–Kier alpha value is -2.44. The lowest BCUT2D eigenvalue weighted by Crippen LogP contribution is -2.19. The predicted octanol–water partition coefficient (Wildman–Crippen LogP) is 4.49. The average molecular weight is 373 g/mol. The summed E-state index contributed by atoms with van der Waals surface area (Å²) in [4.78, 5) is 24.3. The van der Waals surface area contributed by atoms with Crippen molar-refractivity contribution in [3.05, 3.63) is 58.1 Å². The molecule has 0 saturated heterocycles. The van der Waals surface area contributed by atoms with E-state index in [0.29, 0.717) is 21.5 Å². The van der Waals surface area contributed by atoms with Gasteiger partial charge in [-0.3, -0.25) is 10.1 Å². The Morgan fingerprint density at radius 1 is 1.20 bits per heavy atom. The zero-order valence-corrected chi connectivity index (χ0v) is 15.6. The first-order valence-corrected chi connectivity index (χ1v) is 8.82. The molecule has 0 aliphatic carbocycles. The number of thiazole rings is 1. The van der Waals surface area contributed by atoms with Gasteiger partial charge < -0.3 is 4.90 Å². The molecule has 1 N–H and O–H groups in total. The molecule has 0 aliphatic heterocycles. The number of hydrogen-bond donors (Lipinski definition) is 1. The lowest BCUT2D eigenvalue weighted by molar-refractivity contribution is 0.102. The van der Waals surface area contributed by atoms with Crippen LogP contribution >= 0.6 is 22.9 Å². The molecule has 1 aromatic carbocycles. The van der Waals surface area contributed by atoms with Gasteiger partial charge in [0, 0.05) is 35.8 Å². The van der Waals surface area contributed by atoms with Crippen LogP contribution in [0.4, 0.5) is 10.9 Å². The van der Waals surface area contributed by atoms with Crippen molar-refractivity contribution >= 4 is 39.8 Å². The largest absolute Gasteiger partial charge is 0.362 e. The second kappa shape index (κ2) is 7.21. The summed E-state index contributed by atoms with van der Waals surface area (Å²) in [6, 6.07) is 11.0. The van der Waals surface area contributed by atoms with Gasteiger partial charge in [0.25, 0.3) is 5.91 Å². The average Bonchev–Trinajstić information content (AvgIpc) is 2.95. The molecule has 0 aliphatic rings. The molecule has 7 heteroatoms. The van der Waals surface area contributed by atoms with Crippen molar-refractivity contribution in [1.29, 1.82) is 0 Å². The first kappa shape index (κ1) is 17.4. The van der Waals surface area contributed by atoms with Gasteiger partial charge in [-0.2, -0.15) is 0 Å². The number of rotatable bonds is 4. The van der Waals surface area contributed by atoms with Gasteiger partial charge in [-0.25, -0.2) is 9.97 Å². The van der Waals surface area contributed by atoms with Gasteiger partial charge in [-0.15, -0.1) is 11.3 Å². The number of aromatic nitrogens is 2. The number of aryl methyl sites for hydroxylation is 1. The van der Waals surface area contributed by atoms with Crippen molar-refractivity contribution in [1.82, 2.24) is 9.97 Å². The summed E-state index contributed by atoms with van der Waals surface area (Å²) in [6.45, 7) is 1.98. The number of nitrogens with one attached hydrogen (secondary N) is 1. The third-order valence-electron chi connectivity index (χ3n) is 3.59. The second-order valence-corrected chi connectivity index (χ2v) is 7.29. The molecule has 2 heterocycles. The minimum Gasteiger partial charge on any atom is -0.362 e. The lowest BCUT2D eigenvalue weighted by atomic mass is 10.1. The van der Waals surface area contributed by atoms with E-state index in [-0.39, 0.29) is 5.91 Å². The maximum atomic E-state index is 12.6. The summed E-state index contributed by atoms with van der Waals surface area (Å²) in [5.74, 6) is 0.388. The minimum atomic E-state index is -0.229. The van der Waals surface area contributed by atoms with Crippen LogP contribution in [0, 0.1) is 6.92 Å². The molecule has 128 valence electrons. The molecule has 2 aromatic heterocycles. The molecule has 0 unspecified atom stereocenters. The number of anilines is 2. The fourth-order valence-electron chi connectivity index (χ4n) is 2.42. The van der Waals surface area contributed by atoms with Crippen molar-refractivity contribution < 1.29 is 4.79 Å². The van der Waals surface area contributed by atoms with Crippen molar-refractivity contribution in [3.63, 3.8) is 0 Å². The van der Waals surface area contributed by atoms with Crippen LogP contribution in [0.5, 0.6) is 0 Å². The van der Waals surface area contributed by atoms with Crippen molar-refractivity contribution in [2.45, 2.75) is 6.92 Å². The molecule has 5 nitrogen and oxygen atoms in total. The predicted molar refractivity (Wildman–Crippen MR) is 104 cm³/mol. The van der Waals surface area contributed by atoms with Crippen molar-refractivity contribution in [2.75, 3.05) is 24.3 Å². The molecular formula is C18H17ClN4OS. The summed E-state index contributed by atoms with van der Waals surface area (Å²) in [7, 11) is 3.70. The van der Waals surface area contributed by atoms with Crippen LogP contribution in [0.25, 0.3) is 11.3 Å². The van der Waals surface area contributed by atoms with Gasteiger partial charge >= 0.3 is 0 Å². The smallest absolute Gasteiger partial charge is 0.261 e. The van der Waals surface area contributed by atoms with E-state index in [1.165, 1.54) is 11.3 Å². The third-order valence-corrected chi connectivity index (χ3v) is 4.73. The van der Waals surface area contributed by atoms with Crippen LogP contribution in [0.2, 0.25) is 5.02 Å². The molecular weight excluding hydrogens is 356 g/mol. The van der Waals surface area contributed by atoms with E-state index in [1.807, 2.05) is 45.3 Å². The summed E-state index contributed by atoms with van der Waals surface area (Å²) in [5.41, 5.74) is 2.32. The Labute approximate surface area is 155 Å². The highest BCUT2D eigenvalue weighted by Crippen LogP contribution is 2.31. The maximum absolute atomic E-state index is 12.6. The van der Waals surface area contributed by atoms with Crippen LogP contribution in [-0.4, -0.2) is 30.0 Å². The Morgan fingerprint density at radius 2 is 1.92 bits per heavy atom. The molecule has 0 atom stereocenters. The van der Waals surface area contributed by atoms with Gasteiger partial charge in [0.2, 0.25) is 0 Å². The topological polar surface area (TPSA) is 58.1 Å². The number of halogens is 1. The molecule has 3 rings (SSSR count). The molecule has 0 fully saturated rings. The Morgan fingerprint density at radius 3 is 2.60 bits per heavy atom. The summed E-state index contributed by atoms with van der Waals surface area (Å²) < 4.78 is 0. The van der Waals surface area contributed by atoms with Gasteiger partial charge in [0.1, 0.15) is 5.82 Å². The van der Waals surface area contributed by atoms with Crippen molar-refractivity contribution in [3.8, 4) is 11.3 Å². The molecule has 3 aromatic rings. The fourth-order valence-corrected chi connectivity index (χ4v) is 3.38. The van der Waals surface area contributed by atoms with E-state index in [1.54, 1.807) is 23.2 Å². The Bertz CT molecular complexity index is 906. The van der Waals surface area contributed by atoms with Crippen LogP contribution in [0.15, 0.2) is 42.6 Å². The van der Waals surface area contributed by atoms with E-state index in [4.69, 9.17) is 11.6 Å². The number of nitrogens with zero attached hydrogens (tertiary/aromatic N) is 3. The van der Waals surface area contributed by atoms with Gasteiger partial charge in [-0.05, 0) is 31.2 Å². The Balaban J connectivity index is 1.86. The zero-order chi connectivity index (χ0) is 18.0. The fraction of sp³-hybridized carbons (Fsp3) is 0.167. The van der Waals surface area contributed by atoms with E-state index < -0.39 is 0 Å². The lowest BCUT2D eigenvalue weighted by Gasteiger charge is -2.14. The summed E-state index contributed by atoms with van der Waals surface area (Å²) >= 11 is 7.38. The first-order valence-electron chi connectivity index (χ1n) is 7.63. The monoisotopic (exact) mass is 372 g/mol.